The normalized spacial score (nSPS) is 18.4. The molecule has 1 heterocycles. The quantitative estimate of drug-likeness (QED) is 0.162. The number of hydrogen-bond donors (Lipinski definition) is 2. The molecule has 1 unspecified atom stereocenters. The van der Waals surface area contributed by atoms with Crippen molar-refractivity contribution < 1.29 is 23.6 Å². The summed E-state index contributed by atoms with van der Waals surface area (Å²) in [5.41, 5.74) is 15.2. The van der Waals surface area contributed by atoms with Gasteiger partial charge in [0.1, 0.15) is 12.6 Å². The molecule has 0 saturated heterocycles. The minimum absolute atomic E-state index is 0.0343. The Balaban J connectivity index is 1.36. The number of nitrogens with two attached hydrogens (primary N) is 1. The average molecular weight is 614 g/mol. The van der Waals surface area contributed by atoms with Gasteiger partial charge in [0.15, 0.2) is 8.32 Å². The average Bonchev–Trinajstić information content (AvgIpc) is 3.32. The lowest BCUT2D eigenvalue weighted by atomic mass is 9.97. The van der Waals surface area contributed by atoms with Gasteiger partial charge in [0.2, 0.25) is 5.91 Å². The van der Waals surface area contributed by atoms with Crippen LogP contribution in [0.25, 0.3) is 11.1 Å². The van der Waals surface area contributed by atoms with E-state index in [2.05, 4.69) is 63.6 Å². The number of hydrogen-bond acceptors (Lipinski definition) is 6. The number of amides is 2. The summed E-state index contributed by atoms with van der Waals surface area (Å²) in [4.78, 5) is 34.0. The van der Waals surface area contributed by atoms with Crippen LogP contribution in [0.2, 0.25) is 18.1 Å². The molecule has 3 aromatic rings. The third-order valence-electron chi connectivity index (χ3n) is 9.03. The predicted molar refractivity (Wildman–Crippen MR) is 174 cm³/mol. The largest absolute Gasteiger partial charge is 0.448 e. The van der Waals surface area contributed by atoms with Crippen molar-refractivity contribution in [2.45, 2.75) is 63.5 Å². The van der Waals surface area contributed by atoms with Gasteiger partial charge in [-0.05, 0) is 51.5 Å². The van der Waals surface area contributed by atoms with Gasteiger partial charge in [0, 0.05) is 12.5 Å². The summed E-state index contributed by atoms with van der Waals surface area (Å²) in [7, 11) is -2.17. The van der Waals surface area contributed by atoms with Gasteiger partial charge in [0.05, 0.1) is 19.3 Å². The fourth-order valence-electron chi connectivity index (χ4n) is 5.60. The highest BCUT2D eigenvalue weighted by molar-refractivity contribution is 6.74. The van der Waals surface area contributed by atoms with Crippen molar-refractivity contribution in [3.8, 4) is 11.1 Å². The Morgan fingerprint density at radius 1 is 0.909 bits per heavy atom. The summed E-state index contributed by atoms with van der Waals surface area (Å²) in [6.07, 6.45) is 1.30. The SMILES string of the molecule is CC(C)(C)[Si](C)(C)OCC1=C[C@@H](NOCc2ccccc2)CN(C(=O)OCC2c3ccccc3-c3ccccc32)C1C(N)=O. The van der Waals surface area contributed by atoms with E-state index in [9.17, 15) is 9.59 Å². The van der Waals surface area contributed by atoms with Crippen LogP contribution < -0.4 is 11.2 Å². The molecular weight excluding hydrogens is 570 g/mol. The van der Waals surface area contributed by atoms with E-state index < -0.39 is 32.4 Å². The molecule has 2 amide bonds. The Morgan fingerprint density at radius 3 is 2.09 bits per heavy atom. The van der Waals surface area contributed by atoms with Crippen molar-refractivity contribution in [3.63, 3.8) is 0 Å². The Bertz CT molecular complexity index is 1470. The van der Waals surface area contributed by atoms with Crippen LogP contribution in [0.5, 0.6) is 0 Å². The third-order valence-corrected chi connectivity index (χ3v) is 13.5. The highest BCUT2D eigenvalue weighted by atomic mass is 28.4. The molecule has 0 fully saturated rings. The molecule has 8 nitrogen and oxygen atoms in total. The van der Waals surface area contributed by atoms with Crippen LogP contribution in [-0.2, 0) is 25.4 Å². The summed E-state index contributed by atoms with van der Waals surface area (Å²) in [6, 6.07) is 24.8. The van der Waals surface area contributed by atoms with Crippen molar-refractivity contribution in [1.82, 2.24) is 10.4 Å². The Kier molecular flexibility index (Phi) is 9.41. The van der Waals surface area contributed by atoms with E-state index in [0.717, 1.165) is 27.8 Å². The van der Waals surface area contributed by atoms with E-state index in [1.54, 1.807) is 0 Å². The van der Waals surface area contributed by atoms with E-state index in [1.165, 1.54) is 4.90 Å². The zero-order valence-corrected chi connectivity index (χ0v) is 27.2. The predicted octanol–water partition coefficient (Wildman–Crippen LogP) is 6.14. The van der Waals surface area contributed by atoms with Crippen LogP contribution in [-0.4, -0.2) is 57.1 Å². The number of primary amides is 1. The van der Waals surface area contributed by atoms with Gasteiger partial charge in [0.25, 0.3) is 0 Å². The number of benzene rings is 3. The first-order valence-electron chi connectivity index (χ1n) is 15.1. The summed E-state index contributed by atoms with van der Waals surface area (Å²) >= 11 is 0. The maximum atomic E-state index is 13.8. The minimum Gasteiger partial charge on any atom is -0.448 e. The van der Waals surface area contributed by atoms with Crippen LogP contribution in [0.1, 0.15) is 43.4 Å². The first-order valence-corrected chi connectivity index (χ1v) is 18.0. The molecule has 3 aromatic carbocycles. The van der Waals surface area contributed by atoms with Crippen molar-refractivity contribution in [2.75, 3.05) is 19.8 Å². The van der Waals surface area contributed by atoms with E-state index >= 15 is 0 Å². The van der Waals surface area contributed by atoms with Crippen molar-refractivity contribution in [1.29, 1.82) is 0 Å². The van der Waals surface area contributed by atoms with Crippen molar-refractivity contribution >= 4 is 20.3 Å². The number of hydroxylamine groups is 1. The molecule has 0 radical (unpaired) electrons. The lowest BCUT2D eigenvalue weighted by molar-refractivity contribution is -0.122. The van der Waals surface area contributed by atoms with Crippen molar-refractivity contribution in [3.05, 3.63) is 107 Å². The van der Waals surface area contributed by atoms with Crippen LogP contribution in [0, 0.1) is 0 Å². The fraction of sp³-hybridized carbons (Fsp3) is 0.371. The summed E-state index contributed by atoms with van der Waals surface area (Å²) in [5, 5.41) is -0.0343. The fourth-order valence-corrected chi connectivity index (χ4v) is 6.56. The first-order chi connectivity index (χ1) is 21.0. The molecule has 1 aliphatic carbocycles. The number of carbonyl (C=O) groups excluding carboxylic acids is 2. The van der Waals surface area contributed by atoms with Crippen LogP contribution in [0.3, 0.4) is 0 Å². The number of nitrogens with zero attached hydrogens (tertiary/aromatic N) is 1. The Hall–Kier alpha value is -3.76. The minimum atomic E-state index is -2.17. The number of nitrogens with one attached hydrogen (secondary N) is 1. The lowest BCUT2D eigenvalue weighted by Gasteiger charge is -2.40. The molecular formula is C35H43N3O5Si. The molecule has 0 bridgehead atoms. The third kappa shape index (κ3) is 6.81. The molecule has 3 N–H and O–H groups in total. The lowest BCUT2D eigenvalue weighted by Crippen LogP contribution is -2.57. The second-order valence-corrected chi connectivity index (χ2v) is 17.9. The second kappa shape index (κ2) is 13.1. The highest BCUT2D eigenvalue weighted by Crippen LogP contribution is 2.44. The van der Waals surface area contributed by atoms with Gasteiger partial charge in [-0.2, -0.15) is 5.48 Å². The first kappa shape index (κ1) is 31.7. The molecule has 9 heteroatoms. The Labute approximate surface area is 261 Å². The van der Waals surface area contributed by atoms with Gasteiger partial charge in [-0.1, -0.05) is 106 Å². The van der Waals surface area contributed by atoms with E-state index in [0.29, 0.717) is 12.2 Å². The molecule has 44 heavy (non-hydrogen) atoms. The van der Waals surface area contributed by atoms with Gasteiger partial charge in [-0.3, -0.25) is 14.5 Å². The number of fused-ring (bicyclic) bond motifs is 3. The van der Waals surface area contributed by atoms with Crippen LogP contribution in [0.15, 0.2) is 90.5 Å². The molecule has 0 aromatic heterocycles. The number of ether oxygens (including phenoxy) is 1. The standard InChI is InChI=1S/C35H43N3O5Si/c1-35(2,3)44(4,5)43-22-25-19-26(37-42-21-24-13-7-6-8-14-24)20-38(32(25)33(36)39)34(40)41-23-31-29-17-11-9-15-27(29)28-16-10-12-18-30(28)31/h6-19,26,31-32,37H,20-23H2,1-5H3,(H2,36,39)/t26-,32?/m1/s1. The Morgan fingerprint density at radius 2 is 1.50 bits per heavy atom. The second-order valence-electron chi connectivity index (χ2n) is 13.1. The summed E-state index contributed by atoms with van der Waals surface area (Å²) in [6.45, 7) is 11.6. The smallest absolute Gasteiger partial charge is 0.410 e. The zero-order valence-electron chi connectivity index (χ0n) is 26.2. The van der Waals surface area contributed by atoms with Crippen LogP contribution >= 0.6 is 0 Å². The van der Waals surface area contributed by atoms with E-state index in [4.69, 9.17) is 19.7 Å². The van der Waals surface area contributed by atoms with E-state index in [1.807, 2.05) is 60.7 Å². The van der Waals surface area contributed by atoms with E-state index in [-0.39, 0.29) is 30.7 Å². The monoisotopic (exact) mass is 613 g/mol. The van der Waals surface area contributed by atoms with Gasteiger partial charge in [-0.15, -0.1) is 0 Å². The van der Waals surface area contributed by atoms with Gasteiger partial charge >= 0.3 is 6.09 Å². The molecule has 1 aliphatic heterocycles. The topological polar surface area (TPSA) is 103 Å². The van der Waals surface area contributed by atoms with Gasteiger partial charge < -0.3 is 14.9 Å². The number of carbonyl (C=O) groups is 2. The van der Waals surface area contributed by atoms with Crippen LogP contribution in [0.4, 0.5) is 4.79 Å². The molecule has 0 saturated carbocycles. The highest BCUT2D eigenvalue weighted by Gasteiger charge is 2.42. The molecule has 0 spiro atoms. The molecule has 5 rings (SSSR count). The molecule has 2 aliphatic rings. The molecule has 232 valence electrons. The summed E-state index contributed by atoms with van der Waals surface area (Å²) in [5.74, 6) is -0.740. The zero-order chi connectivity index (χ0) is 31.5. The van der Waals surface area contributed by atoms with Crippen molar-refractivity contribution in [2.24, 2.45) is 5.73 Å². The maximum absolute atomic E-state index is 13.8. The molecule has 2 atom stereocenters. The number of rotatable bonds is 10. The summed E-state index contributed by atoms with van der Waals surface area (Å²) < 4.78 is 12.5. The maximum Gasteiger partial charge on any atom is 0.410 e. The van der Waals surface area contributed by atoms with Gasteiger partial charge in [-0.25, -0.2) is 4.79 Å².